The Morgan fingerprint density at radius 3 is 2.76 bits per heavy atom. The fraction of sp³-hybridized carbons (Fsp3) is 0.333. The molecular formula is C18H21NO2. The van der Waals surface area contributed by atoms with Crippen molar-refractivity contribution in [2.75, 3.05) is 6.61 Å². The van der Waals surface area contributed by atoms with E-state index in [0.717, 1.165) is 23.5 Å². The zero-order valence-electron chi connectivity index (χ0n) is 12.3. The van der Waals surface area contributed by atoms with Crippen molar-refractivity contribution in [3.05, 3.63) is 71.2 Å². The molecule has 2 unspecified atom stereocenters. The van der Waals surface area contributed by atoms with Crippen molar-refractivity contribution in [3.63, 3.8) is 0 Å². The lowest BCUT2D eigenvalue weighted by molar-refractivity contribution is 0.164. The van der Waals surface area contributed by atoms with Crippen molar-refractivity contribution in [1.82, 2.24) is 5.32 Å². The Morgan fingerprint density at radius 1 is 1.24 bits per heavy atom. The molecule has 1 heterocycles. The van der Waals surface area contributed by atoms with E-state index in [1.165, 1.54) is 5.56 Å². The predicted molar refractivity (Wildman–Crippen MR) is 83.3 cm³/mol. The highest BCUT2D eigenvalue weighted by molar-refractivity contribution is 5.44. The van der Waals surface area contributed by atoms with Crippen molar-refractivity contribution >= 4 is 0 Å². The summed E-state index contributed by atoms with van der Waals surface area (Å²) >= 11 is 0. The lowest BCUT2D eigenvalue weighted by Gasteiger charge is -2.25. The smallest absolute Gasteiger partial charge is 0.113 e. The molecule has 3 rings (SSSR count). The zero-order chi connectivity index (χ0) is 14.7. The third-order valence-electron chi connectivity index (χ3n) is 4.13. The van der Waals surface area contributed by atoms with Crippen LogP contribution in [-0.4, -0.2) is 17.8 Å². The van der Waals surface area contributed by atoms with E-state index in [9.17, 15) is 5.11 Å². The first kappa shape index (κ1) is 14.0. The van der Waals surface area contributed by atoms with E-state index in [1.54, 1.807) is 0 Å². The fourth-order valence-corrected chi connectivity index (χ4v) is 3.05. The van der Waals surface area contributed by atoms with Gasteiger partial charge in [0.25, 0.3) is 0 Å². The first-order valence-electron chi connectivity index (χ1n) is 7.49. The Bertz CT molecular complexity index is 586. The molecule has 1 aliphatic heterocycles. The summed E-state index contributed by atoms with van der Waals surface area (Å²) in [6.45, 7) is 2.79. The molecule has 2 N–H and O–H groups in total. The fourth-order valence-electron chi connectivity index (χ4n) is 3.05. The third kappa shape index (κ3) is 2.74. The van der Waals surface area contributed by atoms with E-state index in [4.69, 9.17) is 4.74 Å². The van der Waals surface area contributed by atoms with Gasteiger partial charge in [0.2, 0.25) is 0 Å². The molecule has 0 saturated carbocycles. The molecule has 0 aromatic heterocycles. The van der Waals surface area contributed by atoms with Crippen LogP contribution in [0.4, 0.5) is 0 Å². The van der Waals surface area contributed by atoms with Gasteiger partial charge >= 0.3 is 0 Å². The molecule has 0 bridgehead atoms. The average molecular weight is 283 g/mol. The van der Waals surface area contributed by atoms with Gasteiger partial charge in [-0.1, -0.05) is 49.4 Å². The van der Waals surface area contributed by atoms with E-state index >= 15 is 0 Å². The molecule has 3 heteroatoms. The summed E-state index contributed by atoms with van der Waals surface area (Å²) in [5.41, 5.74) is 3.26. The summed E-state index contributed by atoms with van der Waals surface area (Å²) in [4.78, 5) is 0. The summed E-state index contributed by atoms with van der Waals surface area (Å²) in [5, 5.41) is 12.9. The van der Waals surface area contributed by atoms with Crippen molar-refractivity contribution < 1.29 is 9.84 Å². The number of ether oxygens (including phenoxy) is 1. The highest BCUT2D eigenvalue weighted by Crippen LogP contribution is 2.37. The first-order chi connectivity index (χ1) is 10.3. The highest BCUT2D eigenvalue weighted by Gasteiger charge is 2.36. The van der Waals surface area contributed by atoms with Gasteiger partial charge in [-0.25, -0.2) is 0 Å². The van der Waals surface area contributed by atoms with Crippen LogP contribution in [-0.2, 0) is 11.3 Å². The van der Waals surface area contributed by atoms with Gasteiger partial charge in [-0.05, 0) is 23.6 Å². The number of aliphatic hydroxyl groups excluding tert-OH is 1. The third-order valence-corrected chi connectivity index (χ3v) is 4.13. The molecule has 1 aliphatic carbocycles. The van der Waals surface area contributed by atoms with Crippen LogP contribution in [0.15, 0.2) is 65.6 Å². The summed E-state index contributed by atoms with van der Waals surface area (Å²) in [7, 11) is 0. The highest BCUT2D eigenvalue weighted by atomic mass is 16.5. The lowest BCUT2D eigenvalue weighted by Crippen LogP contribution is -2.30. The van der Waals surface area contributed by atoms with E-state index in [-0.39, 0.29) is 12.5 Å². The number of benzene rings is 1. The number of nitrogens with one attached hydrogen (secondary N) is 1. The minimum absolute atomic E-state index is 0.0542. The SMILES string of the molecule is CCC1NC(CO)=C2C=CC=C(OCc3ccccc3)C21. The van der Waals surface area contributed by atoms with Crippen LogP contribution >= 0.6 is 0 Å². The van der Waals surface area contributed by atoms with Crippen molar-refractivity contribution in [3.8, 4) is 0 Å². The van der Waals surface area contributed by atoms with Gasteiger partial charge in [0, 0.05) is 11.7 Å². The largest absolute Gasteiger partial charge is 0.493 e. The predicted octanol–water partition coefficient (Wildman–Crippen LogP) is 2.90. The maximum Gasteiger partial charge on any atom is 0.113 e. The molecular weight excluding hydrogens is 262 g/mol. The van der Waals surface area contributed by atoms with Gasteiger partial charge in [-0.2, -0.15) is 0 Å². The van der Waals surface area contributed by atoms with Crippen molar-refractivity contribution in [2.45, 2.75) is 26.0 Å². The zero-order valence-corrected chi connectivity index (χ0v) is 12.3. The quantitative estimate of drug-likeness (QED) is 0.873. The van der Waals surface area contributed by atoms with Gasteiger partial charge in [-0.3, -0.25) is 0 Å². The lowest BCUT2D eigenvalue weighted by atomic mass is 9.87. The van der Waals surface area contributed by atoms with Crippen LogP contribution in [0.3, 0.4) is 0 Å². The first-order valence-corrected chi connectivity index (χ1v) is 7.49. The Labute approximate surface area is 125 Å². The monoisotopic (exact) mass is 283 g/mol. The van der Waals surface area contributed by atoms with Gasteiger partial charge in [-0.15, -0.1) is 0 Å². The van der Waals surface area contributed by atoms with Crippen LogP contribution < -0.4 is 5.32 Å². The summed E-state index contributed by atoms with van der Waals surface area (Å²) in [5.74, 6) is 1.20. The Morgan fingerprint density at radius 2 is 2.05 bits per heavy atom. The summed E-state index contributed by atoms with van der Waals surface area (Å²) in [6.07, 6.45) is 7.12. The normalized spacial score (nSPS) is 23.6. The van der Waals surface area contributed by atoms with Crippen LogP contribution in [0.2, 0.25) is 0 Å². The van der Waals surface area contributed by atoms with Gasteiger partial charge in [0.05, 0.1) is 12.5 Å². The molecule has 0 fully saturated rings. The standard InChI is InChI=1S/C18H21NO2/c1-2-15-18-14(16(11-20)19-15)9-6-10-17(18)21-12-13-7-4-3-5-8-13/h3-10,15,18-20H,2,11-12H2,1H3. The number of hydrogen-bond acceptors (Lipinski definition) is 3. The van der Waals surface area contributed by atoms with Crippen LogP contribution in [0, 0.1) is 5.92 Å². The van der Waals surface area contributed by atoms with Gasteiger partial charge in [0.15, 0.2) is 0 Å². The van der Waals surface area contributed by atoms with Crippen LogP contribution in [0.1, 0.15) is 18.9 Å². The van der Waals surface area contributed by atoms with E-state index < -0.39 is 0 Å². The second-order valence-corrected chi connectivity index (χ2v) is 5.43. The topological polar surface area (TPSA) is 41.5 Å². The van der Waals surface area contributed by atoms with Crippen molar-refractivity contribution in [2.24, 2.45) is 5.92 Å². The van der Waals surface area contributed by atoms with E-state index in [2.05, 4.69) is 30.4 Å². The Balaban J connectivity index is 1.77. The Hall–Kier alpha value is -2.00. The molecule has 1 aromatic rings. The average Bonchev–Trinajstić information content (AvgIpc) is 2.92. The molecule has 3 nitrogen and oxygen atoms in total. The molecule has 0 amide bonds. The molecule has 2 aliphatic rings. The molecule has 0 saturated heterocycles. The van der Waals surface area contributed by atoms with Crippen molar-refractivity contribution in [1.29, 1.82) is 0 Å². The molecule has 0 spiro atoms. The van der Waals surface area contributed by atoms with E-state index in [1.807, 2.05) is 30.4 Å². The molecule has 21 heavy (non-hydrogen) atoms. The summed E-state index contributed by atoms with van der Waals surface area (Å²) in [6, 6.07) is 10.5. The second-order valence-electron chi connectivity index (χ2n) is 5.43. The minimum atomic E-state index is 0.0542. The van der Waals surface area contributed by atoms with Crippen LogP contribution in [0.25, 0.3) is 0 Å². The number of allylic oxidation sites excluding steroid dienone is 3. The second kappa shape index (κ2) is 6.19. The van der Waals surface area contributed by atoms with Gasteiger partial charge in [0.1, 0.15) is 12.4 Å². The summed E-state index contributed by atoms with van der Waals surface area (Å²) < 4.78 is 6.06. The van der Waals surface area contributed by atoms with E-state index in [0.29, 0.717) is 12.6 Å². The number of rotatable bonds is 5. The molecule has 110 valence electrons. The number of fused-ring (bicyclic) bond motifs is 1. The maximum absolute atomic E-state index is 9.50. The number of aliphatic hydroxyl groups is 1. The molecule has 2 atom stereocenters. The molecule has 1 aromatic carbocycles. The number of hydrogen-bond donors (Lipinski definition) is 2. The minimum Gasteiger partial charge on any atom is -0.493 e. The Kier molecular flexibility index (Phi) is 4.11. The van der Waals surface area contributed by atoms with Gasteiger partial charge < -0.3 is 15.2 Å². The molecule has 0 radical (unpaired) electrons. The maximum atomic E-state index is 9.50. The van der Waals surface area contributed by atoms with Crippen LogP contribution in [0.5, 0.6) is 0 Å².